The number of hydrogen-bond donors (Lipinski definition) is 0. The van der Waals surface area contributed by atoms with Crippen LogP contribution in [0, 0.1) is 5.92 Å². The number of piperidine rings is 1. The van der Waals surface area contributed by atoms with E-state index < -0.39 is 0 Å². The van der Waals surface area contributed by atoms with Gasteiger partial charge in [-0.15, -0.1) is 0 Å². The van der Waals surface area contributed by atoms with Crippen molar-refractivity contribution in [3.63, 3.8) is 0 Å². The van der Waals surface area contributed by atoms with Crippen molar-refractivity contribution in [1.29, 1.82) is 0 Å². The smallest absolute Gasteiger partial charge is 0.120 e. The van der Waals surface area contributed by atoms with Crippen molar-refractivity contribution in [3.8, 4) is 5.75 Å². The molecule has 2 heterocycles. The first-order chi connectivity index (χ1) is 10.4. The topological polar surface area (TPSA) is 25.4 Å². The van der Waals surface area contributed by atoms with Gasteiger partial charge in [-0.2, -0.15) is 0 Å². The molecule has 3 nitrogen and oxygen atoms in total. The summed E-state index contributed by atoms with van der Waals surface area (Å²) in [4.78, 5) is 6.76. The molecule has 1 saturated carbocycles. The molecule has 3 heteroatoms. The summed E-state index contributed by atoms with van der Waals surface area (Å²) in [7, 11) is 0. The third kappa shape index (κ3) is 3.18. The number of pyridine rings is 1. The Hall–Kier alpha value is -1.61. The fourth-order valence-corrected chi connectivity index (χ4v) is 3.20. The zero-order valence-electron chi connectivity index (χ0n) is 12.4. The second kappa shape index (κ2) is 5.64. The molecule has 110 valence electrons. The Morgan fingerprint density at radius 2 is 1.90 bits per heavy atom. The summed E-state index contributed by atoms with van der Waals surface area (Å²) in [6.07, 6.45) is 9.31. The Labute approximate surface area is 125 Å². The van der Waals surface area contributed by atoms with Gasteiger partial charge in [0.1, 0.15) is 11.9 Å². The van der Waals surface area contributed by atoms with Gasteiger partial charge in [0.05, 0.1) is 0 Å². The van der Waals surface area contributed by atoms with Gasteiger partial charge in [0.15, 0.2) is 0 Å². The molecule has 1 aromatic carbocycles. The van der Waals surface area contributed by atoms with E-state index in [-0.39, 0.29) is 0 Å². The van der Waals surface area contributed by atoms with Crippen molar-refractivity contribution in [3.05, 3.63) is 36.7 Å². The van der Waals surface area contributed by atoms with Crippen molar-refractivity contribution in [2.45, 2.75) is 31.8 Å². The van der Waals surface area contributed by atoms with Gasteiger partial charge in [0, 0.05) is 37.4 Å². The molecule has 2 aromatic rings. The summed E-state index contributed by atoms with van der Waals surface area (Å²) in [6, 6.07) is 8.34. The van der Waals surface area contributed by atoms with Crippen molar-refractivity contribution in [2.75, 3.05) is 19.6 Å². The maximum atomic E-state index is 6.19. The molecule has 0 unspecified atom stereocenters. The van der Waals surface area contributed by atoms with Gasteiger partial charge in [0.2, 0.25) is 0 Å². The van der Waals surface area contributed by atoms with Gasteiger partial charge in [0.25, 0.3) is 0 Å². The summed E-state index contributed by atoms with van der Waals surface area (Å²) in [6.45, 7) is 3.70. The molecule has 0 atom stereocenters. The van der Waals surface area contributed by atoms with E-state index in [1.807, 2.05) is 18.5 Å². The minimum Gasteiger partial charge on any atom is -0.490 e. The molecule has 4 rings (SSSR count). The highest BCUT2D eigenvalue weighted by Gasteiger charge is 2.27. The lowest BCUT2D eigenvalue weighted by atomic mass is 10.1. The fraction of sp³-hybridized carbons (Fsp3) is 0.500. The molecule has 1 aromatic heterocycles. The lowest BCUT2D eigenvalue weighted by Gasteiger charge is -2.32. The monoisotopic (exact) mass is 282 g/mol. The van der Waals surface area contributed by atoms with Crippen LogP contribution in [-0.2, 0) is 0 Å². The van der Waals surface area contributed by atoms with Crippen LogP contribution in [0.1, 0.15) is 25.7 Å². The summed E-state index contributed by atoms with van der Waals surface area (Å²) in [5, 5.41) is 2.37. The largest absolute Gasteiger partial charge is 0.490 e. The van der Waals surface area contributed by atoms with Gasteiger partial charge in [-0.1, -0.05) is 0 Å². The van der Waals surface area contributed by atoms with Crippen LogP contribution in [-0.4, -0.2) is 35.6 Å². The quantitative estimate of drug-likeness (QED) is 0.858. The molecule has 1 saturated heterocycles. The molecule has 1 aliphatic carbocycles. The second-order valence-corrected chi connectivity index (χ2v) is 6.45. The summed E-state index contributed by atoms with van der Waals surface area (Å²) >= 11 is 0. The molecule has 0 spiro atoms. The van der Waals surface area contributed by atoms with E-state index in [1.165, 1.54) is 43.2 Å². The Kier molecular flexibility index (Phi) is 3.52. The van der Waals surface area contributed by atoms with Crippen LogP contribution in [0.15, 0.2) is 36.7 Å². The average molecular weight is 282 g/mol. The van der Waals surface area contributed by atoms with Crippen molar-refractivity contribution in [1.82, 2.24) is 9.88 Å². The highest BCUT2D eigenvalue weighted by atomic mass is 16.5. The maximum Gasteiger partial charge on any atom is 0.120 e. The molecule has 0 bridgehead atoms. The van der Waals surface area contributed by atoms with E-state index in [0.717, 1.165) is 24.5 Å². The maximum absolute atomic E-state index is 6.19. The molecular weight excluding hydrogens is 260 g/mol. The number of aromatic nitrogens is 1. The van der Waals surface area contributed by atoms with E-state index >= 15 is 0 Å². The second-order valence-electron chi connectivity index (χ2n) is 6.45. The molecule has 0 N–H and O–H groups in total. The van der Waals surface area contributed by atoms with E-state index in [1.54, 1.807) is 0 Å². The number of fused-ring (bicyclic) bond motifs is 1. The number of hydrogen-bond acceptors (Lipinski definition) is 3. The zero-order valence-corrected chi connectivity index (χ0v) is 12.4. The minimum absolute atomic E-state index is 0.375. The van der Waals surface area contributed by atoms with Crippen molar-refractivity contribution >= 4 is 10.8 Å². The average Bonchev–Trinajstić information content (AvgIpc) is 3.33. The van der Waals surface area contributed by atoms with Crippen LogP contribution >= 0.6 is 0 Å². The zero-order chi connectivity index (χ0) is 14.1. The van der Waals surface area contributed by atoms with Gasteiger partial charge in [-0.05, 0) is 61.3 Å². The number of ether oxygens (including phenoxy) is 1. The first-order valence-corrected chi connectivity index (χ1v) is 8.09. The lowest BCUT2D eigenvalue weighted by Crippen LogP contribution is -2.39. The van der Waals surface area contributed by atoms with Gasteiger partial charge < -0.3 is 9.64 Å². The van der Waals surface area contributed by atoms with Gasteiger partial charge in [-0.3, -0.25) is 4.98 Å². The third-order valence-corrected chi connectivity index (χ3v) is 4.66. The molecule has 1 aliphatic heterocycles. The number of benzene rings is 1. The summed E-state index contributed by atoms with van der Waals surface area (Å²) in [5.74, 6) is 1.99. The molecule has 2 aliphatic rings. The first kappa shape index (κ1) is 13.1. The predicted molar refractivity (Wildman–Crippen MR) is 84.6 cm³/mol. The molecule has 0 amide bonds. The highest BCUT2D eigenvalue weighted by molar-refractivity contribution is 5.82. The Morgan fingerprint density at radius 1 is 1.05 bits per heavy atom. The Balaban J connectivity index is 1.36. The fourth-order valence-electron chi connectivity index (χ4n) is 3.20. The highest BCUT2D eigenvalue weighted by Crippen LogP contribution is 2.31. The standard InChI is InChI=1S/C18H22N2O/c1-2-14(1)13-20-9-6-17(7-10-20)21-18-4-3-16-12-19-8-5-15(16)11-18/h3-5,8,11-12,14,17H,1-2,6-7,9-10,13H2. The van der Waals surface area contributed by atoms with E-state index in [2.05, 4.69) is 28.1 Å². The first-order valence-electron chi connectivity index (χ1n) is 8.09. The Bertz CT molecular complexity index is 615. The van der Waals surface area contributed by atoms with Gasteiger partial charge in [-0.25, -0.2) is 0 Å². The van der Waals surface area contributed by atoms with Crippen LogP contribution in [0.2, 0.25) is 0 Å². The van der Waals surface area contributed by atoms with Crippen LogP contribution in [0.3, 0.4) is 0 Å². The van der Waals surface area contributed by atoms with E-state index in [9.17, 15) is 0 Å². The van der Waals surface area contributed by atoms with Crippen molar-refractivity contribution in [2.24, 2.45) is 5.92 Å². The molecule has 0 radical (unpaired) electrons. The molecule has 21 heavy (non-hydrogen) atoms. The minimum atomic E-state index is 0.375. The summed E-state index contributed by atoms with van der Waals surface area (Å²) < 4.78 is 6.19. The predicted octanol–water partition coefficient (Wildman–Crippen LogP) is 3.49. The summed E-state index contributed by atoms with van der Waals surface area (Å²) in [5.41, 5.74) is 0. The van der Waals surface area contributed by atoms with Gasteiger partial charge >= 0.3 is 0 Å². The van der Waals surface area contributed by atoms with E-state index in [4.69, 9.17) is 4.74 Å². The van der Waals surface area contributed by atoms with Crippen molar-refractivity contribution < 1.29 is 4.74 Å². The molecular formula is C18H22N2O. The van der Waals surface area contributed by atoms with E-state index in [0.29, 0.717) is 6.10 Å². The third-order valence-electron chi connectivity index (χ3n) is 4.66. The van der Waals surface area contributed by atoms with Crippen LogP contribution in [0.25, 0.3) is 10.8 Å². The normalized spacial score (nSPS) is 20.8. The number of nitrogens with zero attached hydrogens (tertiary/aromatic N) is 2. The van der Waals surface area contributed by atoms with Crippen LogP contribution in [0.4, 0.5) is 0 Å². The lowest BCUT2D eigenvalue weighted by molar-refractivity contribution is 0.0981. The molecule has 2 fully saturated rings. The number of likely N-dealkylation sites (tertiary alicyclic amines) is 1. The SMILES string of the molecule is c1cc2cc(OC3CCN(CC4CC4)CC3)ccc2cn1. The van der Waals surface area contributed by atoms with Crippen LogP contribution in [0.5, 0.6) is 5.75 Å². The van der Waals surface area contributed by atoms with Crippen LogP contribution < -0.4 is 4.74 Å². The Morgan fingerprint density at radius 3 is 2.71 bits per heavy atom. The number of rotatable bonds is 4.